The maximum Gasteiger partial charge on any atom is 0.411 e. The van der Waals surface area contributed by atoms with Crippen LogP contribution in [0.15, 0.2) is 48.8 Å². The second-order valence-corrected chi connectivity index (χ2v) is 8.43. The highest BCUT2D eigenvalue weighted by molar-refractivity contribution is 5.82. The summed E-state index contributed by atoms with van der Waals surface area (Å²) >= 11 is 0. The van der Waals surface area contributed by atoms with Crippen molar-refractivity contribution in [2.24, 2.45) is 0 Å². The first kappa shape index (κ1) is 22.6. The Morgan fingerprint density at radius 1 is 1.06 bits per heavy atom. The Kier molecular flexibility index (Phi) is 7.12. The van der Waals surface area contributed by atoms with E-state index in [0.717, 1.165) is 11.1 Å². The van der Waals surface area contributed by atoms with E-state index in [0.29, 0.717) is 12.4 Å². The maximum atomic E-state index is 12.6. The van der Waals surface area contributed by atoms with Gasteiger partial charge >= 0.3 is 12.1 Å². The second-order valence-electron chi connectivity index (χ2n) is 8.43. The van der Waals surface area contributed by atoms with E-state index in [1.165, 1.54) is 4.90 Å². The molecule has 1 amide bonds. The van der Waals surface area contributed by atoms with Gasteiger partial charge in [0.25, 0.3) is 0 Å². The van der Waals surface area contributed by atoms with E-state index in [2.05, 4.69) is 4.98 Å². The van der Waals surface area contributed by atoms with Crippen molar-refractivity contribution in [1.29, 1.82) is 0 Å². The first-order chi connectivity index (χ1) is 14.7. The number of likely N-dealkylation sites (tertiary alicyclic amines) is 1. The smallest absolute Gasteiger partial charge is 0.411 e. The van der Waals surface area contributed by atoms with Crippen molar-refractivity contribution in [1.82, 2.24) is 9.88 Å². The standard InChI is InChI=1S/C23H28N2O6/c1-23(2,3)31-22(28)25-13-18(26)12-20(25)21(27)30-15-16-4-6-19(7-5-16)29-14-17-8-10-24-11-9-17/h4-11,18,20,26H,12-15H2,1-3H3/t18-,20+/m0/s1. The Labute approximate surface area is 181 Å². The molecule has 0 saturated carbocycles. The molecule has 8 nitrogen and oxygen atoms in total. The van der Waals surface area contributed by atoms with E-state index in [-0.39, 0.29) is 19.6 Å². The van der Waals surface area contributed by atoms with Gasteiger partial charge in [0.2, 0.25) is 0 Å². The molecule has 0 spiro atoms. The van der Waals surface area contributed by atoms with Crippen molar-refractivity contribution in [2.45, 2.75) is 58.2 Å². The van der Waals surface area contributed by atoms with Crippen molar-refractivity contribution in [3.63, 3.8) is 0 Å². The van der Waals surface area contributed by atoms with Gasteiger partial charge in [0.15, 0.2) is 0 Å². The molecule has 2 aromatic rings. The summed E-state index contributed by atoms with van der Waals surface area (Å²) < 4.78 is 16.4. The van der Waals surface area contributed by atoms with Crippen LogP contribution in [0.3, 0.4) is 0 Å². The van der Waals surface area contributed by atoms with Crippen LogP contribution in [0.5, 0.6) is 5.75 Å². The summed E-state index contributed by atoms with van der Waals surface area (Å²) in [5.41, 5.74) is 1.11. The van der Waals surface area contributed by atoms with Crippen LogP contribution in [-0.4, -0.2) is 51.3 Å². The highest BCUT2D eigenvalue weighted by Crippen LogP contribution is 2.23. The van der Waals surface area contributed by atoms with Crippen molar-refractivity contribution < 1.29 is 28.9 Å². The summed E-state index contributed by atoms with van der Waals surface area (Å²) in [6, 6.07) is 10.1. The molecular weight excluding hydrogens is 400 g/mol. The molecule has 1 aromatic heterocycles. The second kappa shape index (κ2) is 9.78. The van der Waals surface area contributed by atoms with Crippen molar-refractivity contribution >= 4 is 12.1 Å². The number of nitrogens with zero attached hydrogens (tertiary/aromatic N) is 2. The van der Waals surface area contributed by atoms with Crippen LogP contribution in [0.1, 0.15) is 38.3 Å². The summed E-state index contributed by atoms with van der Waals surface area (Å²) in [6.45, 7) is 5.76. The molecule has 1 aliphatic heterocycles. The Bertz CT molecular complexity index is 879. The highest BCUT2D eigenvalue weighted by Gasteiger charge is 2.41. The number of β-amino-alcohol motifs (C(OH)–C–C–N with tert-alkyl or cyclic N) is 1. The average Bonchev–Trinajstić information content (AvgIpc) is 3.13. The number of aliphatic hydroxyl groups excluding tert-OH is 1. The van der Waals surface area contributed by atoms with E-state index in [9.17, 15) is 14.7 Å². The predicted octanol–water partition coefficient (Wildman–Crippen LogP) is 3.07. The van der Waals surface area contributed by atoms with Crippen molar-refractivity contribution in [3.8, 4) is 5.75 Å². The molecule has 0 bridgehead atoms. The topological polar surface area (TPSA) is 98.2 Å². The molecule has 0 aliphatic carbocycles. The lowest BCUT2D eigenvalue weighted by atomic mass is 10.2. The molecule has 8 heteroatoms. The molecule has 31 heavy (non-hydrogen) atoms. The lowest BCUT2D eigenvalue weighted by Crippen LogP contribution is -2.44. The summed E-state index contributed by atoms with van der Waals surface area (Å²) in [4.78, 5) is 30.1. The van der Waals surface area contributed by atoms with Crippen LogP contribution < -0.4 is 4.74 Å². The molecule has 2 heterocycles. The Morgan fingerprint density at radius 3 is 2.35 bits per heavy atom. The van der Waals surface area contributed by atoms with Crippen molar-refractivity contribution in [3.05, 3.63) is 59.9 Å². The van der Waals surface area contributed by atoms with E-state index in [1.807, 2.05) is 24.3 Å². The average molecular weight is 428 g/mol. The van der Waals surface area contributed by atoms with Crippen LogP contribution in [0.2, 0.25) is 0 Å². The van der Waals surface area contributed by atoms with Gasteiger partial charge in [-0.2, -0.15) is 0 Å². The number of rotatable bonds is 6. The molecule has 0 unspecified atom stereocenters. The van der Waals surface area contributed by atoms with Gasteiger partial charge in [-0.3, -0.25) is 9.88 Å². The number of hydrogen-bond donors (Lipinski definition) is 1. The molecule has 1 saturated heterocycles. The molecular formula is C23H28N2O6. The highest BCUT2D eigenvalue weighted by atomic mass is 16.6. The molecule has 166 valence electrons. The molecule has 0 radical (unpaired) electrons. The number of pyridine rings is 1. The van der Waals surface area contributed by atoms with Crippen LogP contribution in [0, 0.1) is 0 Å². The Morgan fingerprint density at radius 2 is 1.71 bits per heavy atom. The monoisotopic (exact) mass is 428 g/mol. The lowest BCUT2D eigenvalue weighted by Gasteiger charge is -2.27. The van der Waals surface area contributed by atoms with Gasteiger partial charge in [-0.25, -0.2) is 9.59 Å². The third-order valence-electron chi connectivity index (χ3n) is 4.64. The molecule has 2 atom stereocenters. The van der Waals surface area contributed by atoms with Crippen LogP contribution in [-0.2, 0) is 27.5 Å². The number of aliphatic hydroxyl groups is 1. The Hall–Kier alpha value is -3.13. The first-order valence-electron chi connectivity index (χ1n) is 10.2. The molecule has 1 N–H and O–H groups in total. The normalized spacial score (nSPS) is 18.5. The lowest BCUT2D eigenvalue weighted by molar-refractivity contribution is -0.150. The minimum absolute atomic E-state index is 0.0399. The van der Waals surface area contributed by atoms with Crippen LogP contribution in [0.25, 0.3) is 0 Å². The van der Waals surface area contributed by atoms with Gasteiger partial charge in [0, 0.05) is 18.8 Å². The minimum atomic E-state index is -0.868. The molecule has 3 rings (SSSR count). The van der Waals surface area contributed by atoms with Gasteiger partial charge in [-0.05, 0) is 56.2 Å². The minimum Gasteiger partial charge on any atom is -0.489 e. The van der Waals surface area contributed by atoms with Gasteiger partial charge in [-0.1, -0.05) is 12.1 Å². The summed E-state index contributed by atoms with van der Waals surface area (Å²) in [5.74, 6) is 0.127. The fourth-order valence-corrected chi connectivity index (χ4v) is 3.14. The summed E-state index contributed by atoms with van der Waals surface area (Å²) in [7, 11) is 0. The zero-order valence-corrected chi connectivity index (χ0v) is 18.0. The number of amides is 1. The number of ether oxygens (including phenoxy) is 3. The molecule has 1 aromatic carbocycles. The third-order valence-corrected chi connectivity index (χ3v) is 4.64. The quantitative estimate of drug-likeness (QED) is 0.706. The zero-order chi connectivity index (χ0) is 22.4. The van der Waals surface area contributed by atoms with Gasteiger partial charge in [0.05, 0.1) is 12.6 Å². The largest absolute Gasteiger partial charge is 0.489 e. The molecule has 1 aliphatic rings. The SMILES string of the molecule is CC(C)(C)OC(=O)N1C[C@@H](O)C[C@@H]1C(=O)OCc1ccc(OCc2ccncc2)cc1. The van der Waals surface area contributed by atoms with Crippen LogP contribution in [0.4, 0.5) is 4.79 Å². The first-order valence-corrected chi connectivity index (χ1v) is 10.2. The predicted molar refractivity (Wildman–Crippen MR) is 112 cm³/mol. The van der Waals surface area contributed by atoms with E-state index >= 15 is 0 Å². The fraction of sp³-hybridized carbons (Fsp3) is 0.435. The van der Waals surface area contributed by atoms with E-state index in [4.69, 9.17) is 14.2 Å². The maximum absolute atomic E-state index is 12.6. The van der Waals surface area contributed by atoms with Crippen LogP contribution >= 0.6 is 0 Å². The number of carbonyl (C=O) groups excluding carboxylic acids is 2. The third kappa shape index (κ3) is 6.68. The van der Waals surface area contributed by atoms with Gasteiger partial charge < -0.3 is 19.3 Å². The zero-order valence-electron chi connectivity index (χ0n) is 18.0. The van der Waals surface area contributed by atoms with E-state index < -0.39 is 29.8 Å². The molecule has 1 fully saturated rings. The number of aromatic nitrogens is 1. The van der Waals surface area contributed by atoms with E-state index in [1.54, 1.807) is 45.3 Å². The number of carbonyl (C=O) groups is 2. The van der Waals surface area contributed by atoms with Gasteiger partial charge in [0.1, 0.15) is 30.6 Å². The van der Waals surface area contributed by atoms with Crippen molar-refractivity contribution in [2.75, 3.05) is 6.54 Å². The van der Waals surface area contributed by atoms with Gasteiger partial charge in [-0.15, -0.1) is 0 Å². The number of hydrogen-bond acceptors (Lipinski definition) is 7. The number of esters is 1. The summed E-state index contributed by atoms with van der Waals surface area (Å²) in [6.07, 6.45) is 2.12. The Balaban J connectivity index is 1.51. The fourth-order valence-electron chi connectivity index (χ4n) is 3.14. The number of benzene rings is 1. The summed E-state index contributed by atoms with van der Waals surface area (Å²) in [5, 5.41) is 9.94.